The summed E-state index contributed by atoms with van der Waals surface area (Å²) < 4.78 is 32.3. The lowest BCUT2D eigenvalue weighted by molar-refractivity contribution is 0.328. The minimum atomic E-state index is -3.59. The van der Waals surface area contributed by atoms with Crippen LogP contribution in [0.5, 0.6) is 5.75 Å². The molecule has 0 spiro atoms. The summed E-state index contributed by atoms with van der Waals surface area (Å²) in [7, 11) is -3.59. The molecule has 0 amide bonds. The zero-order chi connectivity index (χ0) is 15.3. The van der Waals surface area contributed by atoms with E-state index in [9.17, 15) is 8.42 Å². The third kappa shape index (κ3) is 4.21. The SMILES string of the molecule is Cc1ccc(NS(=O)(=O)c2ccc(OCCN)cc2)cc1. The summed E-state index contributed by atoms with van der Waals surface area (Å²) in [6.07, 6.45) is 0. The molecular weight excluding hydrogens is 288 g/mol. The Hall–Kier alpha value is -2.05. The maximum Gasteiger partial charge on any atom is 0.261 e. The van der Waals surface area contributed by atoms with Crippen LogP contribution >= 0.6 is 0 Å². The van der Waals surface area contributed by atoms with Gasteiger partial charge in [0.15, 0.2) is 0 Å². The van der Waals surface area contributed by atoms with Gasteiger partial charge in [0, 0.05) is 12.2 Å². The summed E-state index contributed by atoms with van der Waals surface area (Å²) in [5.74, 6) is 0.592. The molecule has 0 heterocycles. The van der Waals surface area contributed by atoms with Crippen LogP contribution in [-0.2, 0) is 10.0 Å². The highest BCUT2D eigenvalue weighted by Crippen LogP contribution is 2.19. The molecule has 112 valence electrons. The van der Waals surface area contributed by atoms with Crippen molar-refractivity contribution in [3.05, 3.63) is 54.1 Å². The van der Waals surface area contributed by atoms with Gasteiger partial charge in [0.25, 0.3) is 10.0 Å². The molecular formula is C15H18N2O3S. The lowest BCUT2D eigenvalue weighted by Gasteiger charge is -2.09. The Labute approximate surface area is 124 Å². The average Bonchev–Trinajstić information content (AvgIpc) is 2.48. The largest absolute Gasteiger partial charge is 0.492 e. The topological polar surface area (TPSA) is 81.4 Å². The number of hydrogen-bond donors (Lipinski definition) is 2. The van der Waals surface area contributed by atoms with Gasteiger partial charge in [-0.05, 0) is 43.3 Å². The van der Waals surface area contributed by atoms with E-state index in [-0.39, 0.29) is 4.90 Å². The van der Waals surface area contributed by atoms with Crippen LogP contribution in [0, 0.1) is 6.92 Å². The van der Waals surface area contributed by atoms with E-state index < -0.39 is 10.0 Å². The number of benzene rings is 2. The van der Waals surface area contributed by atoms with Gasteiger partial charge in [-0.15, -0.1) is 0 Å². The average molecular weight is 306 g/mol. The number of rotatable bonds is 6. The molecule has 0 aliphatic heterocycles. The molecule has 5 nitrogen and oxygen atoms in total. The predicted molar refractivity (Wildman–Crippen MR) is 83.0 cm³/mol. The van der Waals surface area contributed by atoms with Crippen LogP contribution < -0.4 is 15.2 Å². The lowest BCUT2D eigenvalue weighted by Crippen LogP contribution is -2.13. The minimum Gasteiger partial charge on any atom is -0.492 e. The maximum absolute atomic E-state index is 12.2. The van der Waals surface area contributed by atoms with Crippen molar-refractivity contribution in [1.82, 2.24) is 0 Å². The van der Waals surface area contributed by atoms with Gasteiger partial charge in [0.1, 0.15) is 12.4 Å². The highest BCUT2D eigenvalue weighted by molar-refractivity contribution is 7.92. The molecule has 2 aromatic rings. The van der Waals surface area contributed by atoms with E-state index in [2.05, 4.69) is 4.72 Å². The molecule has 0 saturated heterocycles. The molecule has 0 radical (unpaired) electrons. The Balaban J connectivity index is 2.13. The molecule has 0 atom stereocenters. The summed E-state index contributed by atoms with van der Waals surface area (Å²) in [6.45, 7) is 2.75. The van der Waals surface area contributed by atoms with E-state index in [0.717, 1.165) is 5.56 Å². The van der Waals surface area contributed by atoms with E-state index in [0.29, 0.717) is 24.6 Å². The van der Waals surface area contributed by atoms with E-state index in [1.54, 1.807) is 24.3 Å². The minimum absolute atomic E-state index is 0.183. The maximum atomic E-state index is 12.2. The van der Waals surface area contributed by atoms with Gasteiger partial charge in [-0.2, -0.15) is 0 Å². The molecule has 0 bridgehead atoms. The second kappa shape index (κ2) is 6.60. The molecule has 2 aromatic carbocycles. The van der Waals surface area contributed by atoms with Crippen molar-refractivity contribution in [2.24, 2.45) is 5.73 Å². The van der Waals surface area contributed by atoms with Gasteiger partial charge in [-0.3, -0.25) is 4.72 Å². The Morgan fingerprint density at radius 1 is 1.05 bits per heavy atom. The van der Waals surface area contributed by atoms with Crippen LogP contribution in [0.15, 0.2) is 53.4 Å². The van der Waals surface area contributed by atoms with Gasteiger partial charge < -0.3 is 10.5 Å². The third-order valence-corrected chi connectivity index (χ3v) is 4.22. The third-order valence-electron chi connectivity index (χ3n) is 2.82. The molecule has 2 rings (SSSR count). The van der Waals surface area contributed by atoms with E-state index in [1.807, 2.05) is 19.1 Å². The molecule has 0 aliphatic rings. The molecule has 0 fully saturated rings. The van der Waals surface area contributed by atoms with Crippen LogP contribution in [0.2, 0.25) is 0 Å². The first-order valence-corrected chi connectivity index (χ1v) is 8.02. The fourth-order valence-electron chi connectivity index (χ4n) is 1.73. The Bertz CT molecular complexity index is 680. The normalized spacial score (nSPS) is 11.1. The quantitative estimate of drug-likeness (QED) is 0.856. The zero-order valence-corrected chi connectivity index (χ0v) is 12.6. The Morgan fingerprint density at radius 3 is 2.24 bits per heavy atom. The standard InChI is InChI=1S/C15H18N2O3S/c1-12-2-4-13(5-3-12)17-21(18,19)15-8-6-14(7-9-15)20-11-10-16/h2-9,17H,10-11,16H2,1H3. The Kier molecular flexibility index (Phi) is 4.82. The molecule has 3 N–H and O–H groups in total. The molecule has 6 heteroatoms. The number of anilines is 1. The first-order valence-electron chi connectivity index (χ1n) is 6.54. The number of hydrogen-bond acceptors (Lipinski definition) is 4. The highest BCUT2D eigenvalue weighted by Gasteiger charge is 2.14. The smallest absolute Gasteiger partial charge is 0.261 e. The Morgan fingerprint density at radius 2 is 1.67 bits per heavy atom. The fraction of sp³-hybridized carbons (Fsp3) is 0.200. The fourth-order valence-corrected chi connectivity index (χ4v) is 2.79. The number of nitrogens with one attached hydrogen (secondary N) is 1. The van der Waals surface area contributed by atoms with Crippen molar-refractivity contribution in [3.8, 4) is 5.75 Å². The first-order chi connectivity index (χ1) is 10.0. The van der Waals surface area contributed by atoms with Gasteiger partial charge >= 0.3 is 0 Å². The van der Waals surface area contributed by atoms with Crippen LogP contribution in [0.1, 0.15) is 5.56 Å². The summed E-state index contributed by atoms with van der Waals surface area (Å²) in [5.41, 5.74) is 6.94. The van der Waals surface area contributed by atoms with Gasteiger partial charge in [-0.1, -0.05) is 17.7 Å². The number of aryl methyl sites for hydroxylation is 1. The predicted octanol–water partition coefficient (Wildman–Crippen LogP) is 2.13. The van der Waals surface area contributed by atoms with Crippen molar-refractivity contribution in [2.45, 2.75) is 11.8 Å². The van der Waals surface area contributed by atoms with Crippen molar-refractivity contribution in [1.29, 1.82) is 0 Å². The number of sulfonamides is 1. The van der Waals surface area contributed by atoms with Gasteiger partial charge in [-0.25, -0.2) is 8.42 Å². The van der Waals surface area contributed by atoms with E-state index in [4.69, 9.17) is 10.5 Å². The van der Waals surface area contributed by atoms with Crippen LogP contribution in [0.3, 0.4) is 0 Å². The molecule has 0 saturated carbocycles. The summed E-state index contributed by atoms with van der Waals surface area (Å²) in [6, 6.07) is 13.4. The number of ether oxygens (including phenoxy) is 1. The lowest BCUT2D eigenvalue weighted by atomic mass is 10.2. The summed E-state index contributed by atoms with van der Waals surface area (Å²) >= 11 is 0. The van der Waals surface area contributed by atoms with Gasteiger partial charge in [0.2, 0.25) is 0 Å². The monoisotopic (exact) mass is 306 g/mol. The van der Waals surface area contributed by atoms with E-state index in [1.165, 1.54) is 12.1 Å². The van der Waals surface area contributed by atoms with Crippen LogP contribution in [0.4, 0.5) is 5.69 Å². The second-order valence-corrected chi connectivity index (χ2v) is 6.26. The molecule has 0 aliphatic carbocycles. The molecule has 21 heavy (non-hydrogen) atoms. The second-order valence-electron chi connectivity index (χ2n) is 4.58. The van der Waals surface area contributed by atoms with Crippen molar-refractivity contribution in [2.75, 3.05) is 17.9 Å². The van der Waals surface area contributed by atoms with Crippen LogP contribution in [0.25, 0.3) is 0 Å². The zero-order valence-electron chi connectivity index (χ0n) is 11.7. The van der Waals surface area contributed by atoms with Crippen LogP contribution in [-0.4, -0.2) is 21.6 Å². The van der Waals surface area contributed by atoms with E-state index >= 15 is 0 Å². The summed E-state index contributed by atoms with van der Waals surface area (Å²) in [5, 5.41) is 0. The van der Waals surface area contributed by atoms with Crippen molar-refractivity contribution in [3.63, 3.8) is 0 Å². The highest BCUT2D eigenvalue weighted by atomic mass is 32.2. The van der Waals surface area contributed by atoms with Gasteiger partial charge in [0.05, 0.1) is 4.90 Å². The molecule has 0 unspecified atom stereocenters. The molecule has 0 aromatic heterocycles. The summed E-state index contributed by atoms with van der Waals surface area (Å²) in [4.78, 5) is 0.183. The van der Waals surface area contributed by atoms with Crippen molar-refractivity contribution >= 4 is 15.7 Å². The van der Waals surface area contributed by atoms with Crippen molar-refractivity contribution < 1.29 is 13.2 Å². The number of nitrogens with two attached hydrogens (primary N) is 1. The first kappa shape index (κ1) is 15.3.